The fourth-order valence-electron chi connectivity index (χ4n) is 3.67. The van der Waals surface area contributed by atoms with Crippen LogP contribution in [0.5, 0.6) is 5.75 Å². The number of aromatic nitrogens is 1. The molecule has 168 valence electrons. The van der Waals surface area contributed by atoms with Crippen molar-refractivity contribution in [2.45, 2.75) is 26.2 Å². The average molecular weight is 455 g/mol. The molecule has 0 N–H and O–H groups in total. The third kappa shape index (κ3) is 4.99. The van der Waals surface area contributed by atoms with E-state index >= 15 is 0 Å². The number of carbonyl (C=O) groups is 1. The molecule has 4 rings (SSSR count). The van der Waals surface area contributed by atoms with Gasteiger partial charge in [0.25, 0.3) is 11.6 Å². The maximum Gasteiger partial charge on any atom is 0.270 e. The highest BCUT2D eigenvalue weighted by Gasteiger charge is 2.24. The summed E-state index contributed by atoms with van der Waals surface area (Å²) in [7, 11) is 0. The summed E-state index contributed by atoms with van der Waals surface area (Å²) in [6.07, 6.45) is 3.35. The average Bonchev–Trinajstić information content (AvgIpc) is 3.25. The van der Waals surface area contributed by atoms with Gasteiger partial charge in [0, 0.05) is 43.9 Å². The highest BCUT2D eigenvalue weighted by Crippen LogP contribution is 2.32. The summed E-state index contributed by atoms with van der Waals surface area (Å²) in [5, 5.41) is 11.8. The van der Waals surface area contributed by atoms with Crippen molar-refractivity contribution in [3.63, 3.8) is 0 Å². The van der Waals surface area contributed by atoms with Gasteiger partial charge in [-0.3, -0.25) is 14.9 Å². The van der Waals surface area contributed by atoms with E-state index in [1.165, 1.54) is 17.4 Å². The molecule has 8 nitrogen and oxygen atoms in total. The maximum absolute atomic E-state index is 12.9. The van der Waals surface area contributed by atoms with Crippen LogP contribution in [0.1, 0.15) is 36.5 Å². The van der Waals surface area contributed by atoms with E-state index in [2.05, 4.69) is 16.8 Å². The summed E-state index contributed by atoms with van der Waals surface area (Å²) >= 11 is 1.45. The largest absolute Gasteiger partial charge is 0.494 e. The number of rotatable bonds is 8. The second kappa shape index (κ2) is 9.95. The Hall–Kier alpha value is -3.20. The zero-order valence-corrected chi connectivity index (χ0v) is 18.8. The molecule has 0 bridgehead atoms. The summed E-state index contributed by atoms with van der Waals surface area (Å²) < 4.78 is 6.52. The fraction of sp³-hybridized carbons (Fsp3) is 0.391. The number of ether oxygens (including phenoxy) is 1. The Morgan fingerprint density at radius 3 is 2.56 bits per heavy atom. The standard InChI is InChI=1S/C23H26N4O4S/c1-2-3-4-15-31-19-8-5-17(6-9-19)22(28)25-11-13-26(14-12-25)23-24-20-10-7-18(27(29)30)16-21(20)32-23/h5-10,16H,2-4,11-15H2,1H3. The van der Waals surface area contributed by atoms with Crippen LogP contribution in [0.4, 0.5) is 10.8 Å². The number of unbranched alkanes of at least 4 members (excludes halogenated alkanes) is 2. The first-order valence-electron chi connectivity index (χ1n) is 10.9. The van der Waals surface area contributed by atoms with Gasteiger partial charge in [0.05, 0.1) is 21.7 Å². The molecule has 1 amide bonds. The minimum Gasteiger partial charge on any atom is -0.494 e. The van der Waals surface area contributed by atoms with Gasteiger partial charge in [-0.05, 0) is 36.8 Å². The van der Waals surface area contributed by atoms with Gasteiger partial charge in [0.15, 0.2) is 5.13 Å². The Bertz CT molecular complexity index is 1090. The molecule has 32 heavy (non-hydrogen) atoms. The summed E-state index contributed by atoms with van der Waals surface area (Å²) in [5.41, 5.74) is 1.48. The number of piperazine rings is 1. The number of amides is 1. The molecule has 0 unspecified atom stereocenters. The Labute approximate surface area is 190 Å². The van der Waals surface area contributed by atoms with Crippen molar-refractivity contribution in [1.82, 2.24) is 9.88 Å². The molecule has 1 saturated heterocycles. The third-order valence-corrected chi connectivity index (χ3v) is 6.61. The first-order valence-corrected chi connectivity index (χ1v) is 11.7. The zero-order chi connectivity index (χ0) is 22.5. The molecular formula is C23H26N4O4S. The number of nitrogens with zero attached hydrogens (tertiary/aromatic N) is 4. The number of non-ortho nitro benzene ring substituents is 1. The number of nitro groups is 1. The minimum atomic E-state index is -0.395. The van der Waals surface area contributed by atoms with Gasteiger partial charge in [-0.2, -0.15) is 0 Å². The lowest BCUT2D eigenvalue weighted by molar-refractivity contribution is -0.384. The van der Waals surface area contributed by atoms with Crippen LogP contribution in [0.25, 0.3) is 10.2 Å². The third-order valence-electron chi connectivity index (χ3n) is 5.53. The molecule has 0 radical (unpaired) electrons. The number of fused-ring (bicyclic) bond motifs is 1. The molecule has 9 heteroatoms. The Kier molecular flexibility index (Phi) is 6.84. The first kappa shape index (κ1) is 22.0. The van der Waals surface area contributed by atoms with E-state index in [1.54, 1.807) is 12.1 Å². The van der Waals surface area contributed by atoms with E-state index < -0.39 is 4.92 Å². The van der Waals surface area contributed by atoms with Crippen LogP contribution in [-0.4, -0.2) is 53.5 Å². The normalized spacial score (nSPS) is 14.0. The van der Waals surface area contributed by atoms with E-state index in [9.17, 15) is 14.9 Å². The molecule has 1 aliphatic heterocycles. The molecule has 0 aliphatic carbocycles. The number of nitro benzene ring substituents is 1. The van der Waals surface area contributed by atoms with Gasteiger partial charge in [-0.15, -0.1) is 0 Å². The number of hydrogen-bond acceptors (Lipinski definition) is 7. The van der Waals surface area contributed by atoms with Crippen LogP contribution >= 0.6 is 11.3 Å². The van der Waals surface area contributed by atoms with Gasteiger partial charge in [0.1, 0.15) is 5.75 Å². The van der Waals surface area contributed by atoms with Gasteiger partial charge in [-0.25, -0.2) is 4.98 Å². The summed E-state index contributed by atoms with van der Waals surface area (Å²) in [5.74, 6) is 0.806. The molecule has 1 aliphatic rings. The van der Waals surface area contributed by atoms with Crippen LogP contribution in [-0.2, 0) is 0 Å². The van der Waals surface area contributed by atoms with Crippen molar-refractivity contribution >= 4 is 38.3 Å². The fourth-order valence-corrected chi connectivity index (χ4v) is 4.72. The molecule has 1 fully saturated rings. The predicted molar refractivity (Wildman–Crippen MR) is 126 cm³/mol. The highest BCUT2D eigenvalue weighted by molar-refractivity contribution is 7.22. The lowest BCUT2D eigenvalue weighted by Gasteiger charge is -2.34. The summed E-state index contributed by atoms with van der Waals surface area (Å²) in [6, 6.07) is 12.1. The van der Waals surface area contributed by atoms with Crippen molar-refractivity contribution in [2.75, 3.05) is 37.7 Å². The Morgan fingerprint density at radius 2 is 1.88 bits per heavy atom. The smallest absolute Gasteiger partial charge is 0.270 e. The second-order valence-corrected chi connectivity index (χ2v) is 8.77. The SMILES string of the molecule is CCCCCOc1ccc(C(=O)N2CCN(c3nc4ccc([N+](=O)[O-])cc4s3)CC2)cc1. The summed E-state index contributed by atoms with van der Waals surface area (Å²) in [4.78, 5) is 32.1. The zero-order valence-electron chi connectivity index (χ0n) is 18.0. The molecule has 0 atom stereocenters. The van der Waals surface area contributed by atoms with Crippen LogP contribution in [0.15, 0.2) is 42.5 Å². The lowest BCUT2D eigenvalue weighted by atomic mass is 10.1. The molecule has 2 heterocycles. The lowest BCUT2D eigenvalue weighted by Crippen LogP contribution is -2.48. The first-order chi connectivity index (χ1) is 15.5. The number of hydrogen-bond donors (Lipinski definition) is 0. The van der Waals surface area contributed by atoms with Crippen molar-refractivity contribution in [3.05, 3.63) is 58.1 Å². The van der Waals surface area contributed by atoms with Crippen molar-refractivity contribution < 1.29 is 14.5 Å². The van der Waals surface area contributed by atoms with E-state index in [0.29, 0.717) is 38.3 Å². The van der Waals surface area contributed by atoms with Crippen LogP contribution in [0, 0.1) is 10.1 Å². The summed E-state index contributed by atoms with van der Waals surface area (Å²) in [6.45, 7) is 5.41. The van der Waals surface area contributed by atoms with E-state index in [1.807, 2.05) is 29.2 Å². The Morgan fingerprint density at radius 1 is 1.12 bits per heavy atom. The van der Waals surface area contributed by atoms with Gasteiger partial charge < -0.3 is 14.5 Å². The van der Waals surface area contributed by atoms with E-state index in [4.69, 9.17) is 4.74 Å². The number of thiazole rings is 1. The van der Waals surface area contributed by atoms with E-state index in [0.717, 1.165) is 40.4 Å². The highest BCUT2D eigenvalue weighted by atomic mass is 32.1. The Balaban J connectivity index is 1.33. The number of carbonyl (C=O) groups excluding carboxylic acids is 1. The molecule has 1 aromatic heterocycles. The topological polar surface area (TPSA) is 88.8 Å². The van der Waals surface area contributed by atoms with E-state index in [-0.39, 0.29) is 11.6 Å². The molecular weight excluding hydrogens is 428 g/mol. The molecule has 0 spiro atoms. The van der Waals surface area contributed by atoms with Crippen molar-refractivity contribution in [3.8, 4) is 5.75 Å². The van der Waals surface area contributed by atoms with Crippen LogP contribution < -0.4 is 9.64 Å². The maximum atomic E-state index is 12.9. The van der Waals surface area contributed by atoms with Crippen LogP contribution in [0.2, 0.25) is 0 Å². The van der Waals surface area contributed by atoms with Crippen molar-refractivity contribution in [1.29, 1.82) is 0 Å². The quantitative estimate of drug-likeness (QED) is 0.278. The predicted octanol–water partition coefficient (Wildman–Crippen LogP) is 4.74. The minimum absolute atomic E-state index is 0.0158. The van der Waals surface area contributed by atoms with Gasteiger partial charge in [-0.1, -0.05) is 31.1 Å². The van der Waals surface area contributed by atoms with Gasteiger partial charge >= 0.3 is 0 Å². The molecule has 0 saturated carbocycles. The number of anilines is 1. The second-order valence-electron chi connectivity index (χ2n) is 7.76. The molecule has 3 aromatic rings. The van der Waals surface area contributed by atoms with Gasteiger partial charge in [0.2, 0.25) is 0 Å². The molecule has 2 aromatic carbocycles. The monoisotopic (exact) mass is 454 g/mol. The van der Waals surface area contributed by atoms with Crippen molar-refractivity contribution in [2.24, 2.45) is 0 Å². The number of benzene rings is 2. The van der Waals surface area contributed by atoms with Crippen LogP contribution in [0.3, 0.4) is 0 Å².